The van der Waals surface area contributed by atoms with Crippen LogP contribution >= 0.6 is 0 Å². The van der Waals surface area contributed by atoms with E-state index in [2.05, 4.69) is 31.8 Å². The lowest BCUT2D eigenvalue weighted by Crippen LogP contribution is -2.22. The summed E-state index contributed by atoms with van der Waals surface area (Å²) in [4.78, 5) is 11.9. The third-order valence-corrected chi connectivity index (χ3v) is 3.92. The molecule has 0 bridgehead atoms. The second-order valence-corrected chi connectivity index (χ2v) is 6.01. The molecular weight excluding hydrogens is 322 g/mol. The van der Waals surface area contributed by atoms with Crippen molar-refractivity contribution in [3.8, 4) is 5.75 Å². The molecule has 1 aromatic carbocycles. The first-order valence-corrected chi connectivity index (χ1v) is 9.30. The Morgan fingerprint density at radius 3 is 2.35 bits per heavy atom. The number of methoxy groups -OCH3 is 1. The fraction of sp³-hybridized carbons (Fsp3) is 0.348. The number of hydrogen-bond acceptors (Lipinski definition) is 2. The zero-order valence-electron chi connectivity index (χ0n) is 16.3. The zero-order valence-corrected chi connectivity index (χ0v) is 16.3. The number of ether oxygens (including phenoxy) is 1. The van der Waals surface area contributed by atoms with Crippen LogP contribution in [0.3, 0.4) is 0 Å². The molecule has 3 heteroatoms. The number of hydrogen-bond donors (Lipinski definition) is 1. The Morgan fingerprint density at radius 1 is 1.15 bits per heavy atom. The van der Waals surface area contributed by atoms with Gasteiger partial charge < -0.3 is 10.1 Å². The molecule has 0 saturated heterocycles. The van der Waals surface area contributed by atoms with Crippen LogP contribution in [0.2, 0.25) is 0 Å². The second kappa shape index (κ2) is 12.8. The minimum atomic E-state index is -0.147. The highest BCUT2D eigenvalue weighted by Gasteiger charge is 2.07. The van der Waals surface area contributed by atoms with Crippen LogP contribution in [0.5, 0.6) is 5.75 Å². The van der Waals surface area contributed by atoms with Gasteiger partial charge in [0.2, 0.25) is 5.91 Å². The maximum atomic E-state index is 11.9. The maximum absolute atomic E-state index is 11.9. The van der Waals surface area contributed by atoms with Crippen molar-refractivity contribution in [1.29, 1.82) is 0 Å². The van der Waals surface area contributed by atoms with Gasteiger partial charge in [-0.05, 0) is 42.2 Å². The van der Waals surface area contributed by atoms with Crippen molar-refractivity contribution in [3.63, 3.8) is 0 Å². The fourth-order valence-electron chi connectivity index (χ4n) is 2.43. The Bertz CT molecular complexity index is 649. The molecule has 0 unspecified atom stereocenters. The summed E-state index contributed by atoms with van der Waals surface area (Å²) in [5.41, 5.74) is 2.76. The summed E-state index contributed by atoms with van der Waals surface area (Å²) in [7, 11) is 1.63. The summed E-state index contributed by atoms with van der Waals surface area (Å²) < 4.78 is 5.09. The zero-order chi connectivity index (χ0) is 19.2. The van der Waals surface area contributed by atoms with E-state index in [0.717, 1.165) is 35.4 Å². The first-order chi connectivity index (χ1) is 12.6. The normalized spacial score (nSPS) is 13.2. The largest absolute Gasteiger partial charge is 0.497 e. The first-order valence-electron chi connectivity index (χ1n) is 9.30. The summed E-state index contributed by atoms with van der Waals surface area (Å²) in [6, 6.07) is 7.52. The van der Waals surface area contributed by atoms with Crippen LogP contribution in [0.4, 0.5) is 0 Å². The van der Waals surface area contributed by atoms with Crippen LogP contribution in [-0.4, -0.2) is 13.0 Å². The van der Waals surface area contributed by atoms with E-state index in [1.807, 2.05) is 30.3 Å². The summed E-state index contributed by atoms with van der Waals surface area (Å²) >= 11 is 0. The average molecular weight is 354 g/mol. The molecule has 1 aliphatic carbocycles. The Hall–Kier alpha value is -2.55. The molecule has 3 nitrogen and oxygen atoms in total. The summed E-state index contributed by atoms with van der Waals surface area (Å²) in [6.07, 6.45) is 15.2. The highest BCUT2D eigenvalue weighted by Crippen LogP contribution is 2.17. The van der Waals surface area contributed by atoms with Crippen molar-refractivity contribution in [2.24, 2.45) is 0 Å². The highest BCUT2D eigenvalue weighted by molar-refractivity contribution is 5.93. The molecule has 0 saturated carbocycles. The Kier molecular flexibility index (Phi) is 10.5. The number of carbonyl (C=O) groups is 1. The topological polar surface area (TPSA) is 38.3 Å². The van der Waals surface area contributed by atoms with Gasteiger partial charge in [0, 0.05) is 11.8 Å². The van der Waals surface area contributed by atoms with Gasteiger partial charge in [0.1, 0.15) is 5.75 Å². The van der Waals surface area contributed by atoms with E-state index in [1.54, 1.807) is 19.3 Å². The minimum absolute atomic E-state index is 0.147. The van der Waals surface area contributed by atoms with Crippen LogP contribution in [0.1, 0.15) is 51.5 Å². The smallest absolute Gasteiger partial charge is 0.248 e. The van der Waals surface area contributed by atoms with E-state index in [4.69, 9.17) is 4.74 Å². The molecular formula is C23H31NO2. The van der Waals surface area contributed by atoms with Gasteiger partial charge in [-0.25, -0.2) is 0 Å². The van der Waals surface area contributed by atoms with Gasteiger partial charge in [0.05, 0.1) is 7.11 Å². The SMILES string of the molecule is C=CC1=CCCC=C1NC(=O)/C=C/c1ccc(OC)cc1.CCCCC. The number of rotatable bonds is 7. The van der Waals surface area contributed by atoms with Crippen LogP contribution in [0, 0.1) is 0 Å². The summed E-state index contributed by atoms with van der Waals surface area (Å²) in [6.45, 7) is 8.19. The monoisotopic (exact) mass is 353 g/mol. The lowest BCUT2D eigenvalue weighted by atomic mass is 10.0. The molecule has 140 valence electrons. The number of nitrogens with one attached hydrogen (secondary N) is 1. The molecule has 0 radical (unpaired) electrons. The van der Waals surface area contributed by atoms with Crippen molar-refractivity contribution in [2.45, 2.75) is 46.0 Å². The first kappa shape index (κ1) is 21.5. The Balaban J connectivity index is 0.000000597. The third-order valence-electron chi connectivity index (χ3n) is 3.92. The average Bonchev–Trinajstić information content (AvgIpc) is 2.68. The molecule has 0 aromatic heterocycles. The number of amides is 1. The van der Waals surface area contributed by atoms with Crippen LogP contribution < -0.4 is 10.1 Å². The van der Waals surface area contributed by atoms with Gasteiger partial charge in [-0.3, -0.25) is 4.79 Å². The molecule has 1 N–H and O–H groups in total. The quantitative estimate of drug-likeness (QED) is 0.628. The standard InChI is InChI=1S/C18H19NO2.C5H12/c1-3-15-6-4-5-7-17(15)19-18(20)13-10-14-8-11-16(21-2)12-9-14;1-3-5-4-2/h3,6-13H,1,4-5H2,2H3,(H,19,20);3-5H2,1-2H3/b13-10+;. The summed E-state index contributed by atoms with van der Waals surface area (Å²) in [5, 5.41) is 2.88. The second-order valence-electron chi connectivity index (χ2n) is 6.01. The molecule has 1 amide bonds. The third kappa shape index (κ3) is 8.02. The fourth-order valence-corrected chi connectivity index (χ4v) is 2.43. The molecule has 0 fully saturated rings. The number of carbonyl (C=O) groups excluding carboxylic acids is 1. The lowest BCUT2D eigenvalue weighted by molar-refractivity contribution is -0.115. The molecule has 0 atom stereocenters. The predicted octanol–water partition coefficient (Wildman–Crippen LogP) is 5.81. The number of unbranched alkanes of at least 4 members (excludes halogenated alkanes) is 2. The molecule has 1 aliphatic rings. The van der Waals surface area contributed by atoms with Gasteiger partial charge in [0.25, 0.3) is 0 Å². The molecule has 1 aromatic rings. The lowest BCUT2D eigenvalue weighted by Gasteiger charge is -2.13. The van der Waals surface area contributed by atoms with Gasteiger partial charge in [-0.2, -0.15) is 0 Å². The molecule has 2 rings (SSSR count). The van der Waals surface area contributed by atoms with Crippen LogP contribution in [0.15, 0.2) is 66.4 Å². The molecule has 0 aliphatic heterocycles. The van der Waals surface area contributed by atoms with E-state index in [-0.39, 0.29) is 5.91 Å². The van der Waals surface area contributed by atoms with Crippen molar-refractivity contribution in [2.75, 3.05) is 7.11 Å². The summed E-state index contributed by atoms with van der Waals surface area (Å²) in [5.74, 6) is 0.649. The van der Waals surface area contributed by atoms with Crippen molar-refractivity contribution >= 4 is 12.0 Å². The van der Waals surface area contributed by atoms with Crippen molar-refractivity contribution < 1.29 is 9.53 Å². The predicted molar refractivity (Wildman–Crippen MR) is 111 cm³/mol. The van der Waals surface area contributed by atoms with E-state index < -0.39 is 0 Å². The Labute approximate surface area is 158 Å². The maximum Gasteiger partial charge on any atom is 0.248 e. The van der Waals surface area contributed by atoms with Gasteiger partial charge in [-0.15, -0.1) is 0 Å². The van der Waals surface area contributed by atoms with E-state index in [0.29, 0.717) is 0 Å². The highest BCUT2D eigenvalue weighted by atomic mass is 16.5. The van der Waals surface area contributed by atoms with E-state index in [1.165, 1.54) is 25.3 Å². The van der Waals surface area contributed by atoms with Gasteiger partial charge in [-0.1, -0.05) is 70.0 Å². The Morgan fingerprint density at radius 2 is 1.81 bits per heavy atom. The molecule has 0 spiro atoms. The van der Waals surface area contributed by atoms with E-state index in [9.17, 15) is 4.79 Å². The van der Waals surface area contributed by atoms with Gasteiger partial charge >= 0.3 is 0 Å². The molecule has 26 heavy (non-hydrogen) atoms. The minimum Gasteiger partial charge on any atom is -0.497 e. The number of allylic oxidation sites excluding steroid dienone is 3. The van der Waals surface area contributed by atoms with Crippen molar-refractivity contribution in [3.05, 3.63) is 72.0 Å². The molecule has 0 heterocycles. The van der Waals surface area contributed by atoms with Gasteiger partial charge in [0.15, 0.2) is 0 Å². The number of benzene rings is 1. The van der Waals surface area contributed by atoms with E-state index >= 15 is 0 Å². The van der Waals surface area contributed by atoms with Crippen LogP contribution in [-0.2, 0) is 4.79 Å². The van der Waals surface area contributed by atoms with Crippen LogP contribution in [0.25, 0.3) is 6.08 Å². The van der Waals surface area contributed by atoms with Crippen molar-refractivity contribution in [1.82, 2.24) is 5.32 Å².